The van der Waals surface area contributed by atoms with E-state index in [0.717, 1.165) is 12.8 Å². The zero-order chi connectivity index (χ0) is 13.4. The Balaban J connectivity index is 2.41. The maximum atomic E-state index is 11.4. The highest BCUT2D eigenvalue weighted by molar-refractivity contribution is 5.87. The number of aromatic carboxylic acids is 1. The van der Waals surface area contributed by atoms with Crippen molar-refractivity contribution in [2.24, 2.45) is 5.73 Å². The molecule has 1 rings (SSSR count). The Hall–Kier alpha value is -1.95. The lowest BCUT2D eigenvalue weighted by molar-refractivity contribution is -0.121. The topological polar surface area (TPSA) is 105 Å². The van der Waals surface area contributed by atoms with Gasteiger partial charge in [-0.2, -0.15) is 0 Å². The van der Waals surface area contributed by atoms with Crippen LogP contribution in [0.25, 0.3) is 0 Å². The van der Waals surface area contributed by atoms with Gasteiger partial charge in [0.25, 0.3) is 0 Å². The van der Waals surface area contributed by atoms with Gasteiger partial charge < -0.3 is 16.2 Å². The summed E-state index contributed by atoms with van der Waals surface area (Å²) in [5.41, 5.74) is 6.02. The maximum absolute atomic E-state index is 11.4. The number of rotatable bonds is 7. The molecule has 0 radical (unpaired) electrons. The van der Waals surface area contributed by atoms with E-state index in [1.54, 1.807) is 0 Å². The highest BCUT2D eigenvalue weighted by Gasteiger charge is 2.05. The molecule has 0 aliphatic carbocycles. The van der Waals surface area contributed by atoms with E-state index in [1.165, 1.54) is 18.3 Å². The predicted molar refractivity (Wildman–Crippen MR) is 65.9 cm³/mol. The fourth-order valence-corrected chi connectivity index (χ4v) is 1.42. The molecule has 0 bridgehead atoms. The summed E-state index contributed by atoms with van der Waals surface area (Å²) in [5, 5.41) is 11.5. The van der Waals surface area contributed by atoms with E-state index in [0.29, 0.717) is 18.7 Å². The van der Waals surface area contributed by atoms with Crippen molar-refractivity contribution in [2.45, 2.75) is 25.8 Å². The van der Waals surface area contributed by atoms with Gasteiger partial charge >= 0.3 is 5.97 Å². The van der Waals surface area contributed by atoms with Crippen molar-refractivity contribution < 1.29 is 14.7 Å². The summed E-state index contributed by atoms with van der Waals surface area (Å²) in [6.45, 7) is 0.818. The fraction of sp³-hybridized carbons (Fsp3) is 0.417. The van der Waals surface area contributed by atoms with Gasteiger partial charge in [-0.25, -0.2) is 4.79 Å². The zero-order valence-electron chi connectivity index (χ0n) is 10.1. The SMILES string of the molecule is NCCCCC(=O)NCc1cc(C(=O)O)ccn1. The van der Waals surface area contributed by atoms with Crippen molar-refractivity contribution in [1.82, 2.24) is 10.3 Å². The third-order valence-corrected chi connectivity index (χ3v) is 2.39. The summed E-state index contributed by atoms with van der Waals surface area (Å²) < 4.78 is 0. The van der Waals surface area contributed by atoms with E-state index < -0.39 is 5.97 Å². The molecule has 4 N–H and O–H groups in total. The van der Waals surface area contributed by atoms with Gasteiger partial charge in [-0.1, -0.05) is 0 Å². The molecule has 0 aromatic carbocycles. The Bertz CT molecular complexity index is 421. The van der Waals surface area contributed by atoms with Gasteiger partial charge in [0.05, 0.1) is 17.8 Å². The van der Waals surface area contributed by atoms with Crippen LogP contribution in [0, 0.1) is 0 Å². The number of carboxylic acid groups (broad SMARTS) is 1. The standard InChI is InChI=1S/C12H17N3O3/c13-5-2-1-3-11(16)15-8-10-7-9(12(17)18)4-6-14-10/h4,6-7H,1-3,5,8,13H2,(H,15,16)(H,17,18). The van der Waals surface area contributed by atoms with Crippen LogP contribution in [0.2, 0.25) is 0 Å². The zero-order valence-corrected chi connectivity index (χ0v) is 10.1. The van der Waals surface area contributed by atoms with Gasteiger partial charge in [-0.3, -0.25) is 9.78 Å². The molecule has 1 heterocycles. The largest absolute Gasteiger partial charge is 0.478 e. The number of carbonyl (C=O) groups is 2. The number of nitrogens with two attached hydrogens (primary N) is 1. The van der Waals surface area contributed by atoms with Crippen molar-refractivity contribution >= 4 is 11.9 Å². The summed E-state index contributed by atoms with van der Waals surface area (Å²) in [4.78, 5) is 26.1. The van der Waals surface area contributed by atoms with Crippen LogP contribution in [-0.2, 0) is 11.3 Å². The van der Waals surface area contributed by atoms with E-state index in [2.05, 4.69) is 10.3 Å². The van der Waals surface area contributed by atoms with E-state index in [9.17, 15) is 9.59 Å². The number of pyridine rings is 1. The highest BCUT2D eigenvalue weighted by Crippen LogP contribution is 2.02. The van der Waals surface area contributed by atoms with Gasteiger partial charge in [-0.05, 0) is 31.5 Å². The van der Waals surface area contributed by atoms with Crippen molar-refractivity contribution in [3.05, 3.63) is 29.6 Å². The average molecular weight is 251 g/mol. The van der Waals surface area contributed by atoms with Crippen LogP contribution in [0.5, 0.6) is 0 Å². The van der Waals surface area contributed by atoms with Crippen molar-refractivity contribution in [3.63, 3.8) is 0 Å². The molecule has 0 unspecified atom stereocenters. The first kappa shape index (κ1) is 14.1. The Kier molecular flexibility index (Phi) is 5.79. The van der Waals surface area contributed by atoms with Crippen LogP contribution in [0.1, 0.15) is 35.3 Å². The van der Waals surface area contributed by atoms with Crippen LogP contribution in [0.4, 0.5) is 0 Å². The molecule has 0 spiro atoms. The molecular weight excluding hydrogens is 234 g/mol. The molecule has 1 aromatic rings. The quantitative estimate of drug-likeness (QED) is 0.613. The molecule has 98 valence electrons. The highest BCUT2D eigenvalue weighted by atomic mass is 16.4. The van der Waals surface area contributed by atoms with Gasteiger partial charge in [0.2, 0.25) is 5.91 Å². The first-order valence-electron chi connectivity index (χ1n) is 5.78. The number of hydrogen-bond donors (Lipinski definition) is 3. The minimum Gasteiger partial charge on any atom is -0.478 e. The Morgan fingerprint density at radius 3 is 2.83 bits per heavy atom. The first-order chi connectivity index (χ1) is 8.63. The Morgan fingerprint density at radius 1 is 1.39 bits per heavy atom. The minimum atomic E-state index is -1.01. The molecule has 1 amide bonds. The molecule has 0 atom stereocenters. The monoisotopic (exact) mass is 251 g/mol. The molecule has 1 aromatic heterocycles. The molecule has 18 heavy (non-hydrogen) atoms. The third-order valence-electron chi connectivity index (χ3n) is 2.39. The Labute approximate surface area is 105 Å². The van der Waals surface area contributed by atoms with E-state index >= 15 is 0 Å². The number of amides is 1. The minimum absolute atomic E-state index is 0.0778. The normalized spacial score (nSPS) is 10.1. The summed E-state index contributed by atoms with van der Waals surface area (Å²) in [6, 6.07) is 2.86. The number of nitrogens with zero attached hydrogens (tertiary/aromatic N) is 1. The van der Waals surface area contributed by atoms with Gasteiger partial charge in [-0.15, -0.1) is 0 Å². The van der Waals surface area contributed by atoms with Gasteiger partial charge in [0, 0.05) is 12.6 Å². The van der Waals surface area contributed by atoms with Crippen LogP contribution >= 0.6 is 0 Å². The molecule has 0 saturated heterocycles. The van der Waals surface area contributed by atoms with Gasteiger partial charge in [0.15, 0.2) is 0 Å². The van der Waals surface area contributed by atoms with Crippen molar-refractivity contribution in [2.75, 3.05) is 6.54 Å². The van der Waals surface area contributed by atoms with Crippen LogP contribution in [0.15, 0.2) is 18.3 Å². The lowest BCUT2D eigenvalue weighted by Gasteiger charge is -2.05. The van der Waals surface area contributed by atoms with E-state index in [1.807, 2.05) is 0 Å². The maximum Gasteiger partial charge on any atom is 0.335 e. The number of aromatic nitrogens is 1. The number of nitrogens with one attached hydrogen (secondary N) is 1. The summed E-state index contributed by atoms with van der Waals surface area (Å²) in [7, 11) is 0. The third kappa shape index (κ3) is 4.92. The number of hydrogen-bond acceptors (Lipinski definition) is 4. The summed E-state index contributed by atoms with van der Waals surface area (Å²) in [5.74, 6) is -1.08. The molecule has 0 aliphatic heterocycles. The van der Waals surface area contributed by atoms with Crippen LogP contribution in [0.3, 0.4) is 0 Å². The Morgan fingerprint density at radius 2 is 2.17 bits per heavy atom. The first-order valence-corrected chi connectivity index (χ1v) is 5.78. The molecular formula is C12H17N3O3. The molecule has 6 nitrogen and oxygen atoms in total. The molecule has 0 fully saturated rings. The molecule has 0 aliphatic rings. The smallest absolute Gasteiger partial charge is 0.335 e. The lowest BCUT2D eigenvalue weighted by Crippen LogP contribution is -2.23. The van der Waals surface area contributed by atoms with Gasteiger partial charge in [0.1, 0.15) is 0 Å². The summed E-state index contributed by atoms with van der Waals surface area (Å²) >= 11 is 0. The summed E-state index contributed by atoms with van der Waals surface area (Å²) in [6.07, 6.45) is 3.42. The number of carbonyl (C=O) groups excluding carboxylic acids is 1. The van der Waals surface area contributed by atoms with Crippen LogP contribution < -0.4 is 11.1 Å². The predicted octanol–water partition coefficient (Wildman–Crippen LogP) is 0.525. The van der Waals surface area contributed by atoms with Crippen LogP contribution in [-0.4, -0.2) is 28.5 Å². The second kappa shape index (κ2) is 7.39. The van der Waals surface area contributed by atoms with E-state index in [4.69, 9.17) is 10.8 Å². The molecule has 0 saturated carbocycles. The second-order valence-corrected chi connectivity index (χ2v) is 3.86. The average Bonchev–Trinajstić information content (AvgIpc) is 2.37. The molecule has 6 heteroatoms. The number of unbranched alkanes of at least 4 members (excludes halogenated alkanes) is 1. The number of carboxylic acids is 1. The second-order valence-electron chi connectivity index (χ2n) is 3.86. The van der Waals surface area contributed by atoms with Crippen molar-refractivity contribution in [3.8, 4) is 0 Å². The van der Waals surface area contributed by atoms with Crippen molar-refractivity contribution in [1.29, 1.82) is 0 Å². The van der Waals surface area contributed by atoms with E-state index in [-0.39, 0.29) is 18.0 Å². The lowest BCUT2D eigenvalue weighted by atomic mass is 10.2. The fourth-order valence-electron chi connectivity index (χ4n) is 1.42.